The van der Waals surface area contributed by atoms with Gasteiger partial charge in [-0.25, -0.2) is 4.90 Å². The number of rotatable bonds is 7. The lowest BCUT2D eigenvalue weighted by molar-refractivity contribution is -0.122. The van der Waals surface area contributed by atoms with Crippen LogP contribution in [-0.4, -0.2) is 23.0 Å². The normalized spacial score (nSPS) is 18.5. The number of nitrogens with one attached hydrogen (secondary N) is 1. The second kappa shape index (κ2) is 11.5. The van der Waals surface area contributed by atoms with Crippen molar-refractivity contribution < 1.29 is 14.4 Å². The van der Waals surface area contributed by atoms with Crippen LogP contribution in [0.4, 0.5) is 22.7 Å². The summed E-state index contributed by atoms with van der Waals surface area (Å²) >= 11 is 1.37. The Bertz CT molecular complexity index is 1290. The number of amides is 3. The summed E-state index contributed by atoms with van der Waals surface area (Å²) in [5.41, 5.74) is 2.65. The fraction of sp³-hybridized carbons (Fsp3) is 0.276. The summed E-state index contributed by atoms with van der Waals surface area (Å²) in [6.07, 6.45) is 5.48. The van der Waals surface area contributed by atoms with Gasteiger partial charge in [-0.05, 0) is 73.5 Å². The molecule has 1 saturated heterocycles. The van der Waals surface area contributed by atoms with Crippen molar-refractivity contribution in [2.45, 2.75) is 48.7 Å². The first kappa shape index (κ1) is 24.9. The van der Waals surface area contributed by atoms with Gasteiger partial charge in [0.2, 0.25) is 17.7 Å². The van der Waals surface area contributed by atoms with E-state index in [1.165, 1.54) is 23.1 Å². The number of benzene rings is 3. The van der Waals surface area contributed by atoms with Crippen molar-refractivity contribution in [3.63, 3.8) is 0 Å². The highest BCUT2D eigenvalue weighted by molar-refractivity contribution is 8.00. The Morgan fingerprint density at radius 2 is 1.46 bits per heavy atom. The third-order valence-electron chi connectivity index (χ3n) is 6.63. The molecule has 0 bridgehead atoms. The van der Waals surface area contributed by atoms with E-state index >= 15 is 0 Å². The van der Waals surface area contributed by atoms with E-state index < -0.39 is 5.25 Å². The van der Waals surface area contributed by atoms with Gasteiger partial charge in [0.15, 0.2) is 0 Å². The molecule has 8 heteroatoms. The number of thioether (sulfide) groups is 1. The van der Waals surface area contributed by atoms with E-state index in [0.717, 1.165) is 42.0 Å². The average Bonchev–Trinajstić information content (AvgIpc) is 3.22. The Labute approximate surface area is 220 Å². The van der Waals surface area contributed by atoms with Gasteiger partial charge in [-0.2, -0.15) is 10.2 Å². The molecule has 2 fully saturated rings. The topological polar surface area (TPSA) is 91.2 Å². The average molecular weight is 513 g/mol. The molecule has 37 heavy (non-hydrogen) atoms. The number of carbonyl (C=O) groups is 3. The van der Waals surface area contributed by atoms with E-state index in [0.29, 0.717) is 11.4 Å². The van der Waals surface area contributed by atoms with Crippen LogP contribution in [0.3, 0.4) is 0 Å². The maximum Gasteiger partial charge on any atom is 0.247 e. The van der Waals surface area contributed by atoms with Crippen LogP contribution < -0.4 is 10.2 Å². The summed E-state index contributed by atoms with van der Waals surface area (Å²) in [7, 11) is 0. The zero-order valence-electron chi connectivity index (χ0n) is 20.4. The molecule has 5 rings (SSSR count). The Hall–Kier alpha value is -3.78. The van der Waals surface area contributed by atoms with Crippen molar-refractivity contribution in [1.29, 1.82) is 0 Å². The van der Waals surface area contributed by atoms with Gasteiger partial charge in [-0.15, -0.1) is 11.8 Å². The lowest BCUT2D eigenvalue weighted by Crippen LogP contribution is -2.31. The van der Waals surface area contributed by atoms with Crippen LogP contribution in [0.25, 0.3) is 0 Å². The molecule has 188 valence electrons. The smallest absolute Gasteiger partial charge is 0.247 e. The van der Waals surface area contributed by atoms with E-state index in [2.05, 4.69) is 15.5 Å². The fourth-order valence-electron chi connectivity index (χ4n) is 4.64. The third kappa shape index (κ3) is 6.14. The van der Waals surface area contributed by atoms with Crippen LogP contribution in [0.5, 0.6) is 0 Å². The number of anilines is 2. The fourth-order valence-corrected chi connectivity index (χ4v) is 5.69. The Morgan fingerprint density at radius 1 is 0.811 bits per heavy atom. The van der Waals surface area contributed by atoms with Crippen LogP contribution in [0, 0.1) is 5.92 Å². The van der Waals surface area contributed by atoms with Crippen molar-refractivity contribution in [2.24, 2.45) is 16.1 Å². The van der Waals surface area contributed by atoms with Crippen LogP contribution in [-0.2, 0) is 14.4 Å². The van der Waals surface area contributed by atoms with Crippen molar-refractivity contribution in [1.82, 2.24) is 0 Å². The first-order chi connectivity index (χ1) is 18.1. The number of hydrogen-bond acceptors (Lipinski definition) is 6. The molecule has 1 aliphatic carbocycles. The largest absolute Gasteiger partial charge is 0.326 e. The minimum absolute atomic E-state index is 0.0832. The van der Waals surface area contributed by atoms with Crippen LogP contribution >= 0.6 is 11.8 Å². The summed E-state index contributed by atoms with van der Waals surface area (Å²) in [5.74, 6) is -0.280. The molecule has 1 atom stereocenters. The number of nitrogens with zero attached hydrogens (tertiary/aromatic N) is 3. The SMILES string of the molecule is O=C(Nc1ccc(SC2CC(=O)N(c3ccc(N=Nc4ccccc4)cc3)C2=O)cc1)C1CCCCC1. The number of hydrogen-bond donors (Lipinski definition) is 1. The molecule has 1 saturated carbocycles. The summed E-state index contributed by atoms with van der Waals surface area (Å²) in [6.45, 7) is 0. The lowest BCUT2D eigenvalue weighted by atomic mass is 9.88. The summed E-state index contributed by atoms with van der Waals surface area (Å²) < 4.78 is 0. The summed E-state index contributed by atoms with van der Waals surface area (Å²) in [6, 6.07) is 23.8. The monoisotopic (exact) mass is 512 g/mol. The maximum atomic E-state index is 13.1. The van der Waals surface area contributed by atoms with Gasteiger partial charge in [0.1, 0.15) is 0 Å². The predicted molar refractivity (Wildman–Crippen MR) is 145 cm³/mol. The first-order valence-corrected chi connectivity index (χ1v) is 13.5. The maximum absolute atomic E-state index is 13.1. The molecule has 3 aromatic rings. The van der Waals surface area contributed by atoms with Crippen molar-refractivity contribution in [3.05, 3.63) is 78.9 Å². The molecule has 1 unspecified atom stereocenters. The molecule has 3 amide bonds. The van der Waals surface area contributed by atoms with Crippen LogP contribution in [0.2, 0.25) is 0 Å². The predicted octanol–water partition coefficient (Wildman–Crippen LogP) is 7.05. The van der Waals surface area contributed by atoms with E-state index in [9.17, 15) is 14.4 Å². The van der Waals surface area contributed by atoms with Gasteiger partial charge < -0.3 is 5.32 Å². The Balaban J connectivity index is 1.18. The van der Waals surface area contributed by atoms with Crippen LogP contribution in [0.15, 0.2) is 94.0 Å². The Kier molecular flexibility index (Phi) is 7.75. The van der Waals surface area contributed by atoms with E-state index in [4.69, 9.17) is 0 Å². The number of azo groups is 1. The Morgan fingerprint density at radius 3 is 2.14 bits per heavy atom. The molecule has 7 nitrogen and oxygen atoms in total. The first-order valence-electron chi connectivity index (χ1n) is 12.6. The standard InChI is InChI=1S/C29H28N4O3S/c34-27-19-26(37-25-17-13-21(14-18-25)30-28(35)20-7-3-1-4-8-20)29(36)33(27)24-15-11-23(12-16-24)32-31-22-9-5-2-6-10-22/h2,5-6,9-18,20,26H,1,3-4,7-8,19H2,(H,30,35). The summed E-state index contributed by atoms with van der Waals surface area (Å²) in [4.78, 5) is 40.4. The van der Waals surface area contributed by atoms with Gasteiger partial charge in [0, 0.05) is 22.9 Å². The van der Waals surface area contributed by atoms with Crippen molar-refractivity contribution in [3.8, 4) is 0 Å². The van der Waals surface area contributed by atoms with Gasteiger partial charge in [-0.3, -0.25) is 14.4 Å². The highest BCUT2D eigenvalue weighted by Crippen LogP contribution is 2.35. The third-order valence-corrected chi connectivity index (χ3v) is 7.82. The zero-order valence-corrected chi connectivity index (χ0v) is 21.2. The molecule has 1 N–H and O–H groups in total. The molecular weight excluding hydrogens is 484 g/mol. The minimum atomic E-state index is -0.493. The quantitative estimate of drug-likeness (QED) is 0.271. The second-order valence-electron chi connectivity index (χ2n) is 9.28. The highest BCUT2D eigenvalue weighted by Gasteiger charge is 2.40. The van der Waals surface area contributed by atoms with Gasteiger partial charge in [-0.1, -0.05) is 37.5 Å². The zero-order chi connectivity index (χ0) is 25.6. The van der Waals surface area contributed by atoms with E-state index in [-0.39, 0.29) is 30.1 Å². The molecule has 1 aliphatic heterocycles. The van der Waals surface area contributed by atoms with E-state index in [1.807, 2.05) is 54.6 Å². The molecule has 1 heterocycles. The second-order valence-corrected chi connectivity index (χ2v) is 10.6. The van der Waals surface area contributed by atoms with Gasteiger partial charge in [0.05, 0.1) is 22.3 Å². The van der Waals surface area contributed by atoms with Gasteiger partial charge >= 0.3 is 0 Å². The molecule has 0 spiro atoms. The molecule has 0 radical (unpaired) electrons. The number of imide groups is 1. The molecule has 3 aromatic carbocycles. The van der Waals surface area contributed by atoms with Crippen molar-refractivity contribution >= 4 is 52.2 Å². The molecule has 0 aromatic heterocycles. The number of carbonyl (C=O) groups excluding carboxylic acids is 3. The lowest BCUT2D eigenvalue weighted by Gasteiger charge is -2.20. The van der Waals surface area contributed by atoms with E-state index in [1.54, 1.807) is 24.3 Å². The highest BCUT2D eigenvalue weighted by atomic mass is 32.2. The molecular formula is C29H28N4O3S. The van der Waals surface area contributed by atoms with Crippen molar-refractivity contribution in [2.75, 3.05) is 10.2 Å². The van der Waals surface area contributed by atoms with Crippen LogP contribution in [0.1, 0.15) is 38.5 Å². The van der Waals surface area contributed by atoms with Gasteiger partial charge in [0.25, 0.3) is 0 Å². The molecule has 2 aliphatic rings. The summed E-state index contributed by atoms with van der Waals surface area (Å²) in [5, 5.41) is 10.9. The minimum Gasteiger partial charge on any atom is -0.326 e.